The third-order valence-electron chi connectivity index (χ3n) is 3.02. The molecule has 7 nitrogen and oxygen atoms in total. The van der Waals surface area contributed by atoms with Crippen LogP contribution >= 0.6 is 11.8 Å². The summed E-state index contributed by atoms with van der Waals surface area (Å²) in [6.45, 7) is 0.279. The number of nitrogens with zero attached hydrogens (tertiary/aromatic N) is 2. The summed E-state index contributed by atoms with van der Waals surface area (Å²) in [7, 11) is 0. The molecule has 0 spiro atoms. The average molecular weight is 298 g/mol. The monoisotopic (exact) mass is 298 g/mol. The molecule has 1 aromatic carbocycles. The summed E-state index contributed by atoms with van der Waals surface area (Å²) in [4.78, 5) is 24.0. The summed E-state index contributed by atoms with van der Waals surface area (Å²) in [5, 5.41) is 29.2. The van der Waals surface area contributed by atoms with Gasteiger partial charge in [0.1, 0.15) is 0 Å². The predicted molar refractivity (Wildman–Crippen MR) is 72.4 cm³/mol. The molecule has 108 valence electrons. The molecule has 1 aliphatic heterocycles. The van der Waals surface area contributed by atoms with Gasteiger partial charge in [0.15, 0.2) is 0 Å². The standard InChI is InChI=1S/C12H14N2O5S/c15-10-5-13(6-11(10)16)12(17)7-20-9-3-1-8(2-4-9)14(18)19/h1-4,10-11,15-16H,5-7H2. The van der Waals surface area contributed by atoms with E-state index in [0.29, 0.717) is 0 Å². The van der Waals surface area contributed by atoms with Crippen LogP contribution in [0.5, 0.6) is 0 Å². The number of nitro benzene ring substituents is 1. The summed E-state index contributed by atoms with van der Waals surface area (Å²) >= 11 is 1.26. The Kier molecular flexibility index (Phi) is 4.58. The number of non-ortho nitro benzene ring substituents is 1. The van der Waals surface area contributed by atoms with Crippen LogP contribution < -0.4 is 0 Å². The molecule has 1 saturated heterocycles. The van der Waals surface area contributed by atoms with E-state index in [1.165, 1.54) is 28.8 Å². The number of aliphatic hydroxyl groups is 2. The molecule has 1 amide bonds. The number of hydrogen-bond acceptors (Lipinski definition) is 6. The van der Waals surface area contributed by atoms with Crippen molar-refractivity contribution in [1.82, 2.24) is 4.90 Å². The molecule has 8 heteroatoms. The van der Waals surface area contributed by atoms with Crippen LogP contribution in [0.4, 0.5) is 5.69 Å². The highest BCUT2D eigenvalue weighted by Crippen LogP contribution is 2.22. The molecular weight excluding hydrogens is 284 g/mol. The van der Waals surface area contributed by atoms with E-state index in [0.717, 1.165) is 4.90 Å². The Balaban J connectivity index is 1.86. The molecule has 2 rings (SSSR count). The molecule has 1 fully saturated rings. The smallest absolute Gasteiger partial charge is 0.269 e. The molecule has 0 aliphatic carbocycles. The van der Waals surface area contributed by atoms with Crippen molar-refractivity contribution in [2.75, 3.05) is 18.8 Å². The molecular formula is C12H14N2O5S. The first-order chi connectivity index (χ1) is 9.47. The number of likely N-dealkylation sites (tertiary alicyclic amines) is 1. The predicted octanol–water partition coefficient (Wildman–Crippen LogP) is 0.251. The zero-order valence-corrected chi connectivity index (χ0v) is 11.3. The lowest BCUT2D eigenvalue weighted by molar-refractivity contribution is -0.384. The maximum Gasteiger partial charge on any atom is 0.269 e. The summed E-state index contributed by atoms with van der Waals surface area (Å²) in [5.74, 6) is -0.0130. The van der Waals surface area contributed by atoms with E-state index >= 15 is 0 Å². The van der Waals surface area contributed by atoms with Crippen molar-refractivity contribution in [3.05, 3.63) is 34.4 Å². The second-order valence-electron chi connectivity index (χ2n) is 4.47. The van der Waals surface area contributed by atoms with Crippen molar-refractivity contribution in [3.8, 4) is 0 Å². The minimum atomic E-state index is -0.886. The Morgan fingerprint density at radius 3 is 2.35 bits per heavy atom. The van der Waals surface area contributed by atoms with E-state index in [1.54, 1.807) is 12.1 Å². The van der Waals surface area contributed by atoms with E-state index in [2.05, 4.69) is 0 Å². The van der Waals surface area contributed by atoms with Crippen LogP contribution in [0.25, 0.3) is 0 Å². The zero-order valence-electron chi connectivity index (χ0n) is 10.5. The molecule has 2 N–H and O–H groups in total. The fourth-order valence-electron chi connectivity index (χ4n) is 1.87. The molecule has 1 aromatic rings. The Morgan fingerprint density at radius 2 is 1.85 bits per heavy atom. The van der Waals surface area contributed by atoms with Crippen LogP contribution in [-0.2, 0) is 4.79 Å². The van der Waals surface area contributed by atoms with Crippen LogP contribution in [0.1, 0.15) is 0 Å². The highest BCUT2D eigenvalue weighted by Gasteiger charge is 2.32. The molecule has 1 aliphatic rings. The first-order valence-electron chi connectivity index (χ1n) is 5.98. The van der Waals surface area contributed by atoms with Gasteiger partial charge >= 0.3 is 0 Å². The van der Waals surface area contributed by atoms with Crippen LogP contribution in [0, 0.1) is 10.1 Å². The quantitative estimate of drug-likeness (QED) is 0.469. The second kappa shape index (κ2) is 6.21. The van der Waals surface area contributed by atoms with Gasteiger partial charge in [-0.1, -0.05) is 0 Å². The van der Waals surface area contributed by atoms with Gasteiger partial charge in [0, 0.05) is 30.1 Å². The van der Waals surface area contributed by atoms with Crippen molar-refractivity contribution in [2.45, 2.75) is 17.1 Å². The number of amides is 1. The second-order valence-corrected chi connectivity index (χ2v) is 5.52. The molecule has 0 saturated carbocycles. The van der Waals surface area contributed by atoms with Crippen LogP contribution in [0.15, 0.2) is 29.2 Å². The van der Waals surface area contributed by atoms with Crippen LogP contribution in [-0.4, -0.2) is 57.0 Å². The number of thioether (sulfide) groups is 1. The van der Waals surface area contributed by atoms with Gasteiger partial charge < -0.3 is 15.1 Å². The fraction of sp³-hybridized carbons (Fsp3) is 0.417. The lowest BCUT2D eigenvalue weighted by Gasteiger charge is -2.14. The highest BCUT2D eigenvalue weighted by molar-refractivity contribution is 8.00. The van der Waals surface area contributed by atoms with Crippen molar-refractivity contribution in [3.63, 3.8) is 0 Å². The molecule has 20 heavy (non-hydrogen) atoms. The van der Waals surface area contributed by atoms with Gasteiger partial charge in [-0.2, -0.15) is 0 Å². The number of hydrogen-bond donors (Lipinski definition) is 2. The normalized spacial score (nSPS) is 22.0. The van der Waals surface area contributed by atoms with Crippen molar-refractivity contribution < 1.29 is 19.9 Å². The Labute approximate surface area is 119 Å². The van der Waals surface area contributed by atoms with Crippen LogP contribution in [0.2, 0.25) is 0 Å². The van der Waals surface area contributed by atoms with E-state index in [1.807, 2.05) is 0 Å². The first kappa shape index (κ1) is 14.8. The number of benzene rings is 1. The zero-order chi connectivity index (χ0) is 14.7. The van der Waals surface area contributed by atoms with Crippen molar-refractivity contribution in [1.29, 1.82) is 0 Å². The fourth-order valence-corrected chi connectivity index (χ4v) is 2.67. The minimum Gasteiger partial charge on any atom is -0.388 e. The van der Waals surface area contributed by atoms with E-state index in [9.17, 15) is 25.1 Å². The van der Waals surface area contributed by atoms with Gasteiger partial charge in [-0.3, -0.25) is 14.9 Å². The highest BCUT2D eigenvalue weighted by atomic mass is 32.2. The third-order valence-corrected chi connectivity index (χ3v) is 4.02. The molecule has 0 bridgehead atoms. The van der Waals surface area contributed by atoms with Gasteiger partial charge in [-0.25, -0.2) is 0 Å². The lowest BCUT2D eigenvalue weighted by Crippen LogP contribution is -2.31. The van der Waals surface area contributed by atoms with Gasteiger partial charge in [0.25, 0.3) is 5.69 Å². The topological polar surface area (TPSA) is 104 Å². The number of β-amino-alcohol motifs (C(OH)–C–C–N with tert-alkyl or cyclic N) is 2. The number of carbonyl (C=O) groups excluding carboxylic acids is 1. The summed E-state index contributed by atoms with van der Waals surface area (Å²) < 4.78 is 0. The average Bonchev–Trinajstić information content (AvgIpc) is 2.76. The molecule has 0 aromatic heterocycles. The molecule has 1 heterocycles. The molecule has 2 atom stereocenters. The molecule has 2 unspecified atom stereocenters. The van der Waals surface area contributed by atoms with E-state index in [4.69, 9.17) is 0 Å². The minimum absolute atomic E-state index is 0.00599. The van der Waals surface area contributed by atoms with E-state index < -0.39 is 17.1 Å². The maximum absolute atomic E-state index is 11.9. The number of rotatable bonds is 4. The number of carbonyl (C=O) groups is 1. The van der Waals surface area contributed by atoms with E-state index in [-0.39, 0.29) is 30.4 Å². The Bertz CT molecular complexity index is 497. The third kappa shape index (κ3) is 3.47. The largest absolute Gasteiger partial charge is 0.388 e. The Morgan fingerprint density at radius 1 is 1.30 bits per heavy atom. The van der Waals surface area contributed by atoms with Gasteiger partial charge in [-0.05, 0) is 12.1 Å². The summed E-state index contributed by atoms with van der Waals surface area (Å²) in [6, 6.07) is 5.94. The van der Waals surface area contributed by atoms with Crippen LogP contribution in [0.3, 0.4) is 0 Å². The Hall–Kier alpha value is -1.64. The van der Waals surface area contributed by atoms with Crippen molar-refractivity contribution in [2.24, 2.45) is 0 Å². The number of nitro groups is 1. The summed E-state index contributed by atoms with van der Waals surface area (Å²) in [5.41, 5.74) is 0.00599. The van der Waals surface area contributed by atoms with Gasteiger partial charge in [0.05, 0.1) is 22.9 Å². The lowest BCUT2D eigenvalue weighted by atomic mass is 10.3. The SMILES string of the molecule is O=C(CSc1ccc([N+](=O)[O-])cc1)N1CC(O)C(O)C1. The summed E-state index contributed by atoms with van der Waals surface area (Å²) in [6.07, 6.45) is -1.77. The first-order valence-corrected chi connectivity index (χ1v) is 6.97. The molecule has 0 radical (unpaired) electrons. The van der Waals surface area contributed by atoms with Gasteiger partial charge in [-0.15, -0.1) is 11.8 Å². The van der Waals surface area contributed by atoms with Crippen molar-refractivity contribution >= 4 is 23.4 Å². The maximum atomic E-state index is 11.9. The van der Waals surface area contributed by atoms with Gasteiger partial charge in [0.2, 0.25) is 5.91 Å². The number of aliphatic hydroxyl groups excluding tert-OH is 2.